The van der Waals surface area contributed by atoms with E-state index in [0.29, 0.717) is 5.69 Å². The molecule has 1 heterocycles. The average molecular weight is 401 g/mol. The molecular weight excluding hydrogens is 376 g/mol. The van der Waals surface area contributed by atoms with Crippen LogP contribution in [-0.2, 0) is 26.0 Å². The molecule has 0 saturated carbocycles. The fourth-order valence-electron chi connectivity index (χ4n) is 3.24. The van der Waals surface area contributed by atoms with Gasteiger partial charge < -0.3 is 5.32 Å². The number of sulfonamides is 1. The number of benzene rings is 2. The molecule has 1 N–H and O–H groups in total. The van der Waals surface area contributed by atoms with Gasteiger partial charge in [0.25, 0.3) is 10.0 Å². The van der Waals surface area contributed by atoms with Crippen molar-refractivity contribution in [3.8, 4) is 0 Å². The van der Waals surface area contributed by atoms with Gasteiger partial charge in [0.2, 0.25) is 11.8 Å². The van der Waals surface area contributed by atoms with E-state index in [-0.39, 0.29) is 17.7 Å². The fraction of sp³-hybridized carbons (Fsp3) is 0.333. The minimum Gasteiger partial charge on any atom is -0.324 e. The van der Waals surface area contributed by atoms with E-state index in [2.05, 4.69) is 5.32 Å². The number of hydrogen-bond acceptors (Lipinski definition) is 4. The Kier molecular flexibility index (Phi) is 5.56. The lowest BCUT2D eigenvalue weighted by molar-refractivity contribution is -0.128. The van der Waals surface area contributed by atoms with Crippen molar-refractivity contribution in [1.29, 1.82) is 0 Å². The largest absolute Gasteiger partial charge is 0.324 e. The van der Waals surface area contributed by atoms with E-state index < -0.39 is 27.9 Å². The Balaban J connectivity index is 1.87. The second kappa shape index (κ2) is 7.75. The van der Waals surface area contributed by atoms with Crippen LogP contribution in [0.4, 0.5) is 5.69 Å². The van der Waals surface area contributed by atoms with Crippen LogP contribution < -0.4 is 5.32 Å². The van der Waals surface area contributed by atoms with E-state index in [0.717, 1.165) is 27.4 Å². The molecule has 1 aliphatic heterocycles. The molecule has 6 nitrogen and oxygen atoms in total. The summed E-state index contributed by atoms with van der Waals surface area (Å²) in [6.07, 6.45) is 1.08. The Morgan fingerprint density at radius 1 is 1.11 bits per heavy atom. The Hall–Kier alpha value is -2.67. The lowest BCUT2D eigenvalue weighted by Gasteiger charge is -2.24. The molecule has 0 spiro atoms. The van der Waals surface area contributed by atoms with Crippen LogP contribution in [0, 0.1) is 13.8 Å². The number of nitrogens with one attached hydrogen (secondary N) is 1. The smallest absolute Gasteiger partial charge is 0.267 e. The van der Waals surface area contributed by atoms with E-state index in [1.54, 1.807) is 18.2 Å². The van der Waals surface area contributed by atoms with Crippen molar-refractivity contribution in [1.82, 2.24) is 4.31 Å². The van der Waals surface area contributed by atoms with Gasteiger partial charge in [-0.2, -0.15) is 0 Å². The normalized spacial score (nSPS) is 17.0. The molecule has 0 aromatic heterocycles. The fourth-order valence-corrected chi connectivity index (χ4v) is 4.93. The van der Waals surface area contributed by atoms with E-state index in [1.165, 1.54) is 12.1 Å². The second-order valence-electron chi connectivity index (χ2n) is 7.03. The first kappa shape index (κ1) is 20.1. The monoisotopic (exact) mass is 400 g/mol. The van der Waals surface area contributed by atoms with Crippen molar-refractivity contribution in [2.24, 2.45) is 0 Å². The first-order valence-corrected chi connectivity index (χ1v) is 10.7. The first-order valence-electron chi connectivity index (χ1n) is 9.28. The minimum atomic E-state index is -4.10. The number of carbonyl (C=O) groups excluding carboxylic acids is 2. The van der Waals surface area contributed by atoms with Crippen LogP contribution in [0.5, 0.6) is 0 Å². The van der Waals surface area contributed by atoms with Gasteiger partial charge >= 0.3 is 0 Å². The Morgan fingerprint density at radius 3 is 2.39 bits per heavy atom. The van der Waals surface area contributed by atoms with Gasteiger partial charge in [-0.1, -0.05) is 25.1 Å². The summed E-state index contributed by atoms with van der Waals surface area (Å²) in [5.74, 6) is -1.05. The summed E-state index contributed by atoms with van der Waals surface area (Å²) in [4.78, 5) is 25.1. The Labute approximate surface area is 165 Å². The molecule has 3 rings (SSSR count). The van der Waals surface area contributed by atoms with Crippen LogP contribution in [0.25, 0.3) is 0 Å². The predicted molar refractivity (Wildman–Crippen MR) is 107 cm³/mol. The van der Waals surface area contributed by atoms with Gasteiger partial charge in [0, 0.05) is 12.1 Å². The maximum Gasteiger partial charge on any atom is 0.267 e. The highest BCUT2D eigenvalue weighted by Crippen LogP contribution is 2.29. The van der Waals surface area contributed by atoms with Gasteiger partial charge in [-0.05, 0) is 67.6 Å². The minimum absolute atomic E-state index is 0.0240. The molecular formula is C21H24N2O4S. The summed E-state index contributed by atoms with van der Waals surface area (Å²) in [7, 11) is -4.10. The summed E-state index contributed by atoms with van der Waals surface area (Å²) in [5.41, 5.74) is 3.47. The van der Waals surface area contributed by atoms with Gasteiger partial charge in [0.1, 0.15) is 6.04 Å². The summed E-state index contributed by atoms with van der Waals surface area (Å²) in [5, 5.41) is 2.73. The van der Waals surface area contributed by atoms with Crippen molar-refractivity contribution < 1.29 is 18.0 Å². The highest BCUT2D eigenvalue weighted by atomic mass is 32.2. The molecule has 0 bridgehead atoms. The van der Waals surface area contributed by atoms with Crippen molar-refractivity contribution in [3.05, 3.63) is 59.2 Å². The van der Waals surface area contributed by atoms with Crippen LogP contribution in [0.15, 0.2) is 47.4 Å². The Morgan fingerprint density at radius 2 is 1.79 bits per heavy atom. The maximum absolute atomic E-state index is 13.1. The highest BCUT2D eigenvalue weighted by Gasteiger charge is 2.44. The zero-order valence-electron chi connectivity index (χ0n) is 16.2. The van der Waals surface area contributed by atoms with Crippen LogP contribution in [0.3, 0.4) is 0 Å². The molecule has 0 unspecified atom stereocenters. The number of anilines is 1. The van der Waals surface area contributed by atoms with Gasteiger partial charge in [-0.3, -0.25) is 9.59 Å². The molecule has 2 aromatic rings. The van der Waals surface area contributed by atoms with Crippen molar-refractivity contribution in [2.75, 3.05) is 5.32 Å². The standard InChI is InChI=1S/C21H24N2O4S/c1-4-16-6-8-17(9-7-16)22-21(25)19-11-12-20(24)23(19)28(26,27)18-10-5-14(2)15(3)13-18/h5-10,13,19H,4,11-12H2,1-3H3,(H,22,25)/t19-/m1/s1. The topological polar surface area (TPSA) is 83.6 Å². The van der Waals surface area contributed by atoms with E-state index >= 15 is 0 Å². The van der Waals surface area contributed by atoms with Gasteiger partial charge in [-0.25, -0.2) is 12.7 Å². The molecule has 1 saturated heterocycles. The number of rotatable bonds is 5. The molecule has 148 valence electrons. The van der Waals surface area contributed by atoms with Gasteiger partial charge in [0.05, 0.1) is 4.90 Å². The van der Waals surface area contributed by atoms with Crippen molar-refractivity contribution in [2.45, 2.75) is 51.0 Å². The predicted octanol–water partition coefficient (Wildman–Crippen LogP) is 3.18. The zero-order valence-corrected chi connectivity index (χ0v) is 17.0. The molecule has 0 aliphatic carbocycles. The quantitative estimate of drug-likeness (QED) is 0.835. The summed E-state index contributed by atoms with van der Waals surface area (Å²) < 4.78 is 26.9. The SMILES string of the molecule is CCc1ccc(NC(=O)[C@H]2CCC(=O)N2S(=O)(=O)c2ccc(C)c(C)c2)cc1. The third-order valence-electron chi connectivity index (χ3n) is 5.13. The van der Waals surface area contributed by atoms with Crippen LogP contribution >= 0.6 is 0 Å². The number of aryl methyl sites for hydroxylation is 3. The van der Waals surface area contributed by atoms with Gasteiger partial charge in [-0.15, -0.1) is 0 Å². The molecule has 7 heteroatoms. The molecule has 1 aliphatic rings. The lowest BCUT2D eigenvalue weighted by atomic mass is 10.1. The average Bonchev–Trinajstić information content (AvgIpc) is 3.07. The molecule has 2 aromatic carbocycles. The highest BCUT2D eigenvalue weighted by molar-refractivity contribution is 7.89. The van der Waals surface area contributed by atoms with Crippen LogP contribution in [0.1, 0.15) is 36.5 Å². The summed E-state index contributed by atoms with van der Waals surface area (Å²) >= 11 is 0. The molecule has 1 fully saturated rings. The number of nitrogens with zero attached hydrogens (tertiary/aromatic N) is 1. The van der Waals surface area contributed by atoms with Crippen LogP contribution in [0.2, 0.25) is 0 Å². The van der Waals surface area contributed by atoms with Gasteiger partial charge in [0.15, 0.2) is 0 Å². The van der Waals surface area contributed by atoms with Crippen molar-refractivity contribution in [3.63, 3.8) is 0 Å². The number of carbonyl (C=O) groups is 2. The third-order valence-corrected chi connectivity index (χ3v) is 6.95. The lowest BCUT2D eigenvalue weighted by Crippen LogP contribution is -2.45. The van der Waals surface area contributed by atoms with E-state index in [4.69, 9.17) is 0 Å². The number of amides is 2. The molecule has 1 atom stereocenters. The molecule has 2 amide bonds. The maximum atomic E-state index is 13.1. The summed E-state index contributed by atoms with van der Waals surface area (Å²) in [6.45, 7) is 5.73. The molecule has 28 heavy (non-hydrogen) atoms. The third kappa shape index (κ3) is 3.80. The summed E-state index contributed by atoms with van der Waals surface area (Å²) in [6, 6.07) is 11.0. The molecule has 0 radical (unpaired) electrons. The van der Waals surface area contributed by atoms with E-state index in [1.807, 2.05) is 32.9 Å². The second-order valence-corrected chi connectivity index (χ2v) is 8.85. The van der Waals surface area contributed by atoms with Crippen molar-refractivity contribution >= 4 is 27.5 Å². The van der Waals surface area contributed by atoms with E-state index in [9.17, 15) is 18.0 Å². The number of hydrogen-bond donors (Lipinski definition) is 1. The zero-order chi connectivity index (χ0) is 20.5. The Bertz CT molecular complexity index is 1010. The van der Waals surface area contributed by atoms with Crippen LogP contribution in [-0.4, -0.2) is 30.6 Å². The first-order chi connectivity index (χ1) is 13.2.